The first-order chi connectivity index (χ1) is 11.5. The Morgan fingerprint density at radius 2 is 2.08 bits per heavy atom. The third kappa shape index (κ3) is 4.06. The second-order valence-electron chi connectivity index (χ2n) is 5.52. The molecule has 0 saturated carbocycles. The van der Waals surface area contributed by atoms with Crippen molar-refractivity contribution in [3.63, 3.8) is 0 Å². The van der Waals surface area contributed by atoms with Crippen LogP contribution in [0.5, 0.6) is 0 Å². The maximum Gasteiger partial charge on any atom is 0.158 e. The molecule has 0 radical (unpaired) electrons. The minimum absolute atomic E-state index is 0.0260. The molecule has 0 amide bonds. The predicted octanol–water partition coefficient (Wildman–Crippen LogP) is 5.26. The lowest BCUT2D eigenvalue weighted by atomic mass is 9.78. The molecule has 1 aromatic carbocycles. The van der Waals surface area contributed by atoms with Crippen LogP contribution < -0.4 is 0 Å². The summed E-state index contributed by atoms with van der Waals surface area (Å²) in [4.78, 5) is 16.8. The zero-order chi connectivity index (χ0) is 17.7. The molecule has 1 heterocycles. The van der Waals surface area contributed by atoms with E-state index in [4.69, 9.17) is 0 Å². The van der Waals surface area contributed by atoms with Crippen molar-refractivity contribution in [2.24, 2.45) is 10.9 Å². The third-order valence-corrected chi connectivity index (χ3v) is 5.42. The van der Waals surface area contributed by atoms with E-state index in [2.05, 4.69) is 27.0 Å². The molecule has 124 valence electrons. The number of allylic oxidation sites excluding steroid dienone is 3. The van der Waals surface area contributed by atoms with E-state index >= 15 is 0 Å². The summed E-state index contributed by atoms with van der Waals surface area (Å²) in [6, 6.07) is 10.2. The van der Waals surface area contributed by atoms with Gasteiger partial charge in [0.1, 0.15) is 5.92 Å². The summed E-state index contributed by atoms with van der Waals surface area (Å²) in [6.07, 6.45) is 4.02. The molecule has 0 spiro atoms. The maximum absolute atomic E-state index is 12.2. The van der Waals surface area contributed by atoms with E-state index in [0.717, 1.165) is 20.8 Å². The third-order valence-electron chi connectivity index (χ3n) is 3.89. The van der Waals surface area contributed by atoms with E-state index in [0.29, 0.717) is 11.3 Å². The summed E-state index contributed by atoms with van der Waals surface area (Å²) < 4.78 is 0.969. The molecule has 1 unspecified atom stereocenters. The topological polar surface area (TPSA) is 53.2 Å². The fraction of sp³-hybridized carbons (Fsp3) is 0.316. The van der Waals surface area contributed by atoms with Crippen molar-refractivity contribution in [1.29, 1.82) is 5.26 Å². The molecule has 0 bridgehead atoms. The Morgan fingerprint density at radius 1 is 1.42 bits per heavy atom. The second-order valence-corrected chi connectivity index (χ2v) is 7.48. The molecule has 0 fully saturated rings. The van der Waals surface area contributed by atoms with E-state index in [1.807, 2.05) is 50.3 Å². The summed E-state index contributed by atoms with van der Waals surface area (Å²) in [5.41, 5.74) is 2.32. The summed E-state index contributed by atoms with van der Waals surface area (Å²) in [6.45, 7) is 5.37. The van der Waals surface area contributed by atoms with Crippen molar-refractivity contribution in [3.8, 4) is 6.07 Å². The van der Waals surface area contributed by atoms with E-state index in [1.165, 1.54) is 0 Å². The normalized spacial score (nSPS) is 20.9. The second kappa shape index (κ2) is 8.46. The van der Waals surface area contributed by atoms with Gasteiger partial charge < -0.3 is 0 Å². The predicted molar refractivity (Wildman–Crippen MR) is 104 cm³/mol. The molecule has 1 aromatic rings. The fourth-order valence-electron chi connectivity index (χ4n) is 2.81. The maximum atomic E-state index is 12.2. The van der Waals surface area contributed by atoms with Crippen molar-refractivity contribution in [3.05, 3.63) is 57.7 Å². The van der Waals surface area contributed by atoms with Gasteiger partial charge >= 0.3 is 0 Å². The highest BCUT2D eigenvalue weighted by atomic mass is 79.9. The molecule has 5 heteroatoms. The lowest BCUT2D eigenvalue weighted by Gasteiger charge is -2.29. The molecule has 2 rings (SSSR count). The van der Waals surface area contributed by atoms with Gasteiger partial charge in [-0.05, 0) is 38.5 Å². The van der Waals surface area contributed by atoms with Gasteiger partial charge in [-0.2, -0.15) is 5.26 Å². The lowest BCUT2D eigenvalue weighted by Crippen LogP contribution is -2.28. The number of nitriles is 1. The molecule has 0 saturated heterocycles. The summed E-state index contributed by atoms with van der Waals surface area (Å²) in [5.74, 6) is 0.0284. The van der Waals surface area contributed by atoms with Crippen LogP contribution in [-0.4, -0.2) is 16.6 Å². The monoisotopic (exact) mass is 402 g/mol. The highest BCUT2D eigenvalue weighted by molar-refractivity contribution is 9.10. The van der Waals surface area contributed by atoms with Crippen molar-refractivity contribution in [1.82, 2.24) is 0 Å². The number of hydrogen-bond acceptors (Lipinski definition) is 4. The van der Waals surface area contributed by atoms with Gasteiger partial charge in [0.2, 0.25) is 0 Å². The number of hydrogen-bond donors (Lipinski definition) is 0. The molecular weight excluding hydrogens is 384 g/mol. The quantitative estimate of drug-likeness (QED) is 0.645. The van der Waals surface area contributed by atoms with E-state index in [9.17, 15) is 10.1 Å². The Hall–Kier alpha value is -1.64. The average molecular weight is 403 g/mol. The Kier molecular flexibility index (Phi) is 6.59. The van der Waals surface area contributed by atoms with Crippen LogP contribution in [0.1, 0.15) is 32.3 Å². The van der Waals surface area contributed by atoms with Gasteiger partial charge in [0.15, 0.2) is 5.78 Å². The van der Waals surface area contributed by atoms with Crippen molar-refractivity contribution >= 4 is 38.5 Å². The van der Waals surface area contributed by atoms with Gasteiger partial charge in [0, 0.05) is 27.4 Å². The van der Waals surface area contributed by atoms with Crippen molar-refractivity contribution in [2.75, 3.05) is 5.75 Å². The molecule has 2 atom stereocenters. The zero-order valence-corrected chi connectivity index (χ0v) is 16.3. The van der Waals surface area contributed by atoms with Crippen LogP contribution in [-0.2, 0) is 4.79 Å². The Balaban J connectivity index is 2.52. The van der Waals surface area contributed by atoms with E-state index in [1.54, 1.807) is 18.7 Å². The number of carbonyl (C=O) groups excluding carboxylic acids is 1. The zero-order valence-electron chi connectivity index (χ0n) is 13.9. The number of nitrogens with zero attached hydrogens (tertiary/aromatic N) is 2. The number of benzene rings is 1. The average Bonchev–Trinajstić information content (AvgIpc) is 2.55. The summed E-state index contributed by atoms with van der Waals surface area (Å²) in [5, 5.41) is 10.6. The van der Waals surface area contributed by atoms with Gasteiger partial charge in [-0.3, -0.25) is 4.79 Å². The Bertz CT molecular complexity index is 757. The molecule has 0 aliphatic carbocycles. The van der Waals surface area contributed by atoms with Crippen molar-refractivity contribution < 1.29 is 4.79 Å². The van der Waals surface area contributed by atoms with Crippen LogP contribution in [0.4, 0.5) is 0 Å². The van der Waals surface area contributed by atoms with Crippen LogP contribution in [0.25, 0.3) is 0 Å². The smallest absolute Gasteiger partial charge is 0.158 e. The van der Waals surface area contributed by atoms with E-state index < -0.39 is 5.92 Å². The standard InChI is InChI=1S/C19H19BrN2OS/c1-4-5-10-24-19-16(11-21)18(14-6-8-15(20)9-7-14)17(13(3)23)12(2)22-19/h4-9,16,18H,10H2,1-3H3/b5-4+/t16?,18-/m1/s1. The Labute approximate surface area is 155 Å². The minimum atomic E-state index is -0.441. The highest BCUT2D eigenvalue weighted by Crippen LogP contribution is 2.41. The van der Waals surface area contributed by atoms with Gasteiger partial charge in [-0.1, -0.05) is 40.2 Å². The minimum Gasteiger partial charge on any atom is -0.295 e. The van der Waals surface area contributed by atoms with Crippen LogP contribution >= 0.6 is 27.7 Å². The van der Waals surface area contributed by atoms with Crippen LogP contribution in [0.2, 0.25) is 0 Å². The first-order valence-electron chi connectivity index (χ1n) is 7.69. The number of halogens is 1. The van der Waals surface area contributed by atoms with Gasteiger partial charge in [0.05, 0.1) is 11.1 Å². The van der Waals surface area contributed by atoms with Crippen LogP contribution in [0.3, 0.4) is 0 Å². The van der Waals surface area contributed by atoms with Gasteiger partial charge in [0.25, 0.3) is 0 Å². The number of thioether (sulfide) groups is 1. The number of carbonyl (C=O) groups is 1. The number of ketones is 1. The van der Waals surface area contributed by atoms with E-state index in [-0.39, 0.29) is 11.7 Å². The highest BCUT2D eigenvalue weighted by Gasteiger charge is 2.37. The molecule has 0 N–H and O–H groups in total. The molecule has 1 aliphatic heterocycles. The van der Waals surface area contributed by atoms with Crippen molar-refractivity contribution in [2.45, 2.75) is 26.7 Å². The van der Waals surface area contributed by atoms with Gasteiger partial charge in [-0.15, -0.1) is 11.8 Å². The molecule has 3 nitrogen and oxygen atoms in total. The molecule has 24 heavy (non-hydrogen) atoms. The van der Waals surface area contributed by atoms with Crippen LogP contribution in [0, 0.1) is 17.2 Å². The first-order valence-corrected chi connectivity index (χ1v) is 9.46. The molecular formula is C19H19BrN2OS. The van der Waals surface area contributed by atoms with Gasteiger partial charge in [-0.25, -0.2) is 4.99 Å². The largest absolute Gasteiger partial charge is 0.295 e. The molecule has 0 aromatic heterocycles. The van der Waals surface area contributed by atoms with Crippen LogP contribution in [0.15, 0.2) is 57.2 Å². The Morgan fingerprint density at radius 3 is 2.62 bits per heavy atom. The SMILES string of the molecule is C/C=C/CSC1=NC(C)=C(C(C)=O)[C@H](c2ccc(Br)cc2)C1C#N. The number of rotatable bonds is 4. The fourth-order valence-corrected chi connectivity index (χ4v) is 4.11. The first kappa shape index (κ1) is 18.7. The molecule has 1 aliphatic rings. The lowest BCUT2D eigenvalue weighted by molar-refractivity contribution is -0.114. The number of aliphatic imine (C=N–C) groups is 1. The summed E-state index contributed by atoms with van der Waals surface area (Å²) >= 11 is 4.99. The summed E-state index contributed by atoms with van der Waals surface area (Å²) in [7, 11) is 0. The number of Topliss-reactive ketones (excluding diaryl/α,β-unsaturated/α-hetero) is 1.